The molecule has 1 heterocycles. The minimum Gasteiger partial charge on any atom is -0.350 e. The van der Waals surface area contributed by atoms with Gasteiger partial charge in [0.2, 0.25) is 0 Å². The lowest BCUT2D eigenvalue weighted by Gasteiger charge is -2.25. The third-order valence-electron chi connectivity index (χ3n) is 4.35. The van der Waals surface area contributed by atoms with Crippen molar-refractivity contribution >= 4 is 5.91 Å². The maximum absolute atomic E-state index is 13.5. The van der Waals surface area contributed by atoms with E-state index < -0.39 is 11.5 Å². The van der Waals surface area contributed by atoms with Gasteiger partial charge in [0.25, 0.3) is 11.5 Å². The van der Waals surface area contributed by atoms with Crippen LogP contribution in [0.1, 0.15) is 54.3 Å². The lowest BCUT2D eigenvalue weighted by molar-refractivity contribution is 0.0939. The Bertz CT molecular complexity index is 884. The smallest absolute Gasteiger partial charge is 0.264 e. The first-order valence-electron chi connectivity index (χ1n) is 8.82. The van der Waals surface area contributed by atoms with E-state index in [4.69, 9.17) is 0 Å². The first-order valence-corrected chi connectivity index (χ1v) is 8.82. The molecule has 27 heavy (non-hydrogen) atoms. The molecule has 1 aromatic carbocycles. The first kappa shape index (κ1) is 20.8. The molecule has 1 atom stereocenters. The van der Waals surface area contributed by atoms with E-state index in [9.17, 15) is 14.0 Å². The Hall–Kier alpha value is -2.54. The molecule has 6 nitrogen and oxygen atoms in total. The van der Waals surface area contributed by atoms with Crippen LogP contribution in [0.5, 0.6) is 0 Å². The lowest BCUT2D eigenvalue weighted by Crippen LogP contribution is -2.38. The van der Waals surface area contributed by atoms with Gasteiger partial charge in [-0.2, -0.15) is 0 Å². The van der Waals surface area contributed by atoms with Gasteiger partial charge in [-0.1, -0.05) is 32.9 Å². The Morgan fingerprint density at radius 1 is 1.33 bits per heavy atom. The molecule has 2 N–H and O–H groups in total. The fraction of sp³-hybridized carbons (Fsp3) is 0.450. The molecule has 0 bridgehead atoms. The third kappa shape index (κ3) is 5.01. The monoisotopic (exact) mass is 374 g/mol. The van der Waals surface area contributed by atoms with E-state index in [-0.39, 0.29) is 29.4 Å². The zero-order valence-corrected chi connectivity index (χ0v) is 16.7. The van der Waals surface area contributed by atoms with Gasteiger partial charge >= 0.3 is 0 Å². The van der Waals surface area contributed by atoms with E-state index in [2.05, 4.69) is 15.3 Å². The van der Waals surface area contributed by atoms with Crippen molar-refractivity contribution in [2.45, 2.75) is 39.2 Å². The molecule has 7 heteroatoms. The summed E-state index contributed by atoms with van der Waals surface area (Å²) in [4.78, 5) is 34.0. The Balaban J connectivity index is 2.23. The van der Waals surface area contributed by atoms with Crippen molar-refractivity contribution < 1.29 is 9.18 Å². The summed E-state index contributed by atoms with van der Waals surface area (Å²) >= 11 is 0. The molecule has 0 aliphatic carbocycles. The highest BCUT2D eigenvalue weighted by Crippen LogP contribution is 2.19. The number of carbonyl (C=O) groups excluding carboxylic acids is 1. The molecule has 0 saturated heterocycles. The summed E-state index contributed by atoms with van der Waals surface area (Å²) < 4.78 is 13.5. The van der Waals surface area contributed by atoms with Crippen LogP contribution in [0.3, 0.4) is 0 Å². The van der Waals surface area contributed by atoms with E-state index in [1.54, 1.807) is 19.1 Å². The van der Waals surface area contributed by atoms with Crippen molar-refractivity contribution in [2.75, 3.05) is 20.6 Å². The van der Waals surface area contributed by atoms with Crippen LogP contribution in [-0.4, -0.2) is 41.4 Å². The molecule has 0 aliphatic heterocycles. The van der Waals surface area contributed by atoms with Gasteiger partial charge in [0.15, 0.2) is 0 Å². The first-order chi connectivity index (χ1) is 12.5. The average molecular weight is 374 g/mol. The zero-order valence-electron chi connectivity index (χ0n) is 16.7. The molecule has 1 unspecified atom stereocenters. The highest BCUT2D eigenvalue weighted by Gasteiger charge is 2.23. The fourth-order valence-corrected chi connectivity index (χ4v) is 2.80. The van der Waals surface area contributed by atoms with Crippen LogP contribution < -0.4 is 10.9 Å². The van der Waals surface area contributed by atoms with Gasteiger partial charge in [-0.3, -0.25) is 9.59 Å². The van der Waals surface area contributed by atoms with E-state index in [0.29, 0.717) is 11.5 Å². The summed E-state index contributed by atoms with van der Waals surface area (Å²) in [5, 5.41) is 2.78. The number of hydrogen-bond acceptors (Lipinski definition) is 4. The number of amides is 1. The van der Waals surface area contributed by atoms with Crippen LogP contribution in [0.4, 0.5) is 4.39 Å². The Morgan fingerprint density at radius 3 is 2.52 bits per heavy atom. The number of aromatic nitrogens is 2. The van der Waals surface area contributed by atoms with Gasteiger partial charge in [-0.25, -0.2) is 9.37 Å². The van der Waals surface area contributed by atoms with Crippen LogP contribution >= 0.6 is 0 Å². The number of rotatable bonds is 5. The van der Waals surface area contributed by atoms with E-state index in [0.717, 1.165) is 5.56 Å². The molecule has 2 aromatic rings. The molecule has 0 saturated carbocycles. The number of benzene rings is 1. The molecular formula is C20H27FN4O2. The normalized spacial score (nSPS) is 12.9. The molecule has 1 amide bonds. The quantitative estimate of drug-likeness (QED) is 0.843. The van der Waals surface area contributed by atoms with Crippen molar-refractivity contribution in [2.24, 2.45) is 0 Å². The molecule has 0 aliphatic rings. The average Bonchev–Trinajstić information content (AvgIpc) is 2.53. The van der Waals surface area contributed by atoms with Crippen molar-refractivity contribution in [1.82, 2.24) is 20.2 Å². The van der Waals surface area contributed by atoms with Gasteiger partial charge < -0.3 is 15.2 Å². The number of likely N-dealkylation sites (N-methyl/N-ethyl adjacent to an activating group) is 1. The van der Waals surface area contributed by atoms with Crippen molar-refractivity contribution in [3.05, 3.63) is 63.1 Å². The van der Waals surface area contributed by atoms with Crippen molar-refractivity contribution in [3.63, 3.8) is 0 Å². The summed E-state index contributed by atoms with van der Waals surface area (Å²) in [6.07, 6.45) is 0. The Kier molecular flexibility index (Phi) is 6.15. The van der Waals surface area contributed by atoms with Crippen molar-refractivity contribution in [3.8, 4) is 0 Å². The molecule has 0 fully saturated rings. The van der Waals surface area contributed by atoms with Crippen LogP contribution in [0.15, 0.2) is 29.1 Å². The van der Waals surface area contributed by atoms with Crippen molar-refractivity contribution in [1.29, 1.82) is 0 Å². The number of hydrogen-bond donors (Lipinski definition) is 2. The number of aryl methyl sites for hydroxylation is 1. The van der Waals surface area contributed by atoms with Gasteiger partial charge in [0.05, 0.1) is 11.7 Å². The molecule has 2 rings (SSSR count). The summed E-state index contributed by atoms with van der Waals surface area (Å²) in [5.41, 5.74) is 0.337. The topological polar surface area (TPSA) is 78.1 Å². The molecule has 146 valence electrons. The Labute approximate surface area is 158 Å². The summed E-state index contributed by atoms with van der Waals surface area (Å²) in [7, 11) is 3.69. The molecule has 0 spiro atoms. The standard InChI is InChI=1S/C20H27FN4O2/c1-12-16(18(27)24-19(23-12)20(2,3)4)17(26)22-11-15(25(5)6)13-8-7-9-14(21)10-13/h7-10,15H,11H2,1-6H3,(H,22,26)(H,23,24,27). The summed E-state index contributed by atoms with van der Waals surface area (Å²) in [6.45, 7) is 7.69. The van der Waals surface area contributed by atoms with Gasteiger partial charge in [0.1, 0.15) is 17.2 Å². The maximum atomic E-state index is 13.5. The third-order valence-corrected chi connectivity index (χ3v) is 4.35. The van der Waals surface area contributed by atoms with Crippen LogP contribution in [0, 0.1) is 12.7 Å². The number of aromatic amines is 1. The van der Waals surface area contributed by atoms with Gasteiger partial charge in [-0.05, 0) is 38.7 Å². The summed E-state index contributed by atoms with van der Waals surface area (Å²) in [6, 6.07) is 6.02. The predicted octanol–water partition coefficient (Wildman–Crippen LogP) is 2.55. The predicted molar refractivity (Wildman–Crippen MR) is 103 cm³/mol. The minimum absolute atomic E-state index is 0.000233. The van der Waals surface area contributed by atoms with Crippen LogP contribution in [0.25, 0.3) is 0 Å². The highest BCUT2D eigenvalue weighted by atomic mass is 19.1. The Morgan fingerprint density at radius 2 is 2.00 bits per heavy atom. The number of H-pyrrole nitrogens is 1. The number of nitrogens with one attached hydrogen (secondary N) is 2. The largest absolute Gasteiger partial charge is 0.350 e. The lowest BCUT2D eigenvalue weighted by atomic mass is 9.95. The minimum atomic E-state index is -0.495. The number of halogens is 1. The SMILES string of the molecule is Cc1nc(C(C)(C)C)[nH]c(=O)c1C(=O)NCC(c1cccc(F)c1)N(C)C. The fourth-order valence-electron chi connectivity index (χ4n) is 2.80. The zero-order chi connectivity index (χ0) is 20.4. The van der Waals surface area contributed by atoms with Gasteiger partial charge in [-0.15, -0.1) is 0 Å². The molecule has 0 radical (unpaired) electrons. The highest BCUT2D eigenvalue weighted by molar-refractivity contribution is 5.94. The van der Waals surface area contributed by atoms with E-state index in [1.807, 2.05) is 39.8 Å². The number of carbonyl (C=O) groups is 1. The van der Waals surface area contributed by atoms with Gasteiger partial charge in [0, 0.05) is 12.0 Å². The molecular weight excluding hydrogens is 347 g/mol. The summed E-state index contributed by atoms with van der Waals surface area (Å²) in [5.74, 6) is -0.294. The number of nitrogens with zero attached hydrogens (tertiary/aromatic N) is 2. The second kappa shape index (κ2) is 8.00. The maximum Gasteiger partial charge on any atom is 0.264 e. The van der Waals surface area contributed by atoms with Crippen LogP contribution in [0.2, 0.25) is 0 Å². The van der Waals surface area contributed by atoms with E-state index >= 15 is 0 Å². The van der Waals surface area contributed by atoms with Crippen LogP contribution in [-0.2, 0) is 5.41 Å². The molecule has 1 aromatic heterocycles. The van der Waals surface area contributed by atoms with E-state index in [1.165, 1.54) is 12.1 Å². The second-order valence-electron chi connectivity index (χ2n) is 7.87. The second-order valence-corrected chi connectivity index (χ2v) is 7.87.